The first-order valence-electron chi connectivity index (χ1n) is 8.13. The number of carbonyl (C=O) groups is 2. The topological polar surface area (TPSA) is 71.1 Å². The Balaban J connectivity index is 1.54. The second-order valence-electron chi connectivity index (χ2n) is 5.75. The van der Waals surface area contributed by atoms with Gasteiger partial charge in [-0.15, -0.1) is 11.3 Å². The number of halogens is 3. The van der Waals surface area contributed by atoms with Gasteiger partial charge in [0.1, 0.15) is 0 Å². The summed E-state index contributed by atoms with van der Waals surface area (Å²) in [6.07, 6.45) is 2.22. The van der Waals surface area contributed by atoms with Crippen LogP contribution in [-0.4, -0.2) is 23.3 Å². The van der Waals surface area contributed by atoms with Crippen LogP contribution in [0.1, 0.15) is 20.8 Å². The van der Waals surface area contributed by atoms with Crippen LogP contribution < -0.4 is 10.6 Å². The molecule has 3 rings (SSSR count). The van der Waals surface area contributed by atoms with Gasteiger partial charge in [-0.3, -0.25) is 9.59 Å². The maximum absolute atomic E-state index is 12.1. The van der Waals surface area contributed by atoms with Crippen LogP contribution in [0.2, 0.25) is 15.1 Å². The van der Waals surface area contributed by atoms with Crippen molar-refractivity contribution in [3.63, 3.8) is 0 Å². The number of nitrogens with one attached hydrogen (secondary N) is 2. The monoisotopic (exact) mass is 453 g/mol. The second-order valence-corrected chi connectivity index (χ2v) is 8.12. The van der Waals surface area contributed by atoms with Gasteiger partial charge in [0.15, 0.2) is 5.13 Å². The molecule has 0 saturated carbocycles. The van der Waals surface area contributed by atoms with Crippen LogP contribution in [0.15, 0.2) is 48.7 Å². The lowest BCUT2D eigenvalue weighted by molar-refractivity contribution is -0.115. The number of hydrogen-bond acceptors (Lipinski definition) is 4. The molecule has 0 fully saturated rings. The summed E-state index contributed by atoms with van der Waals surface area (Å²) >= 11 is 19.5. The second kappa shape index (κ2) is 9.39. The molecule has 1 aromatic heterocycles. The Hall–Kier alpha value is -2.12. The predicted molar refractivity (Wildman–Crippen MR) is 114 cm³/mol. The number of hydrogen-bond donors (Lipinski definition) is 2. The molecular weight excluding hydrogens is 441 g/mol. The number of carbonyl (C=O) groups excluding carboxylic acids is 2. The van der Waals surface area contributed by atoms with Gasteiger partial charge in [0.05, 0.1) is 17.1 Å². The third-order valence-electron chi connectivity index (χ3n) is 3.70. The number of thiazole rings is 1. The molecule has 0 aliphatic rings. The van der Waals surface area contributed by atoms with Crippen LogP contribution >= 0.6 is 46.1 Å². The van der Waals surface area contributed by atoms with Gasteiger partial charge in [0.2, 0.25) is 5.91 Å². The quantitative estimate of drug-likeness (QED) is 0.547. The van der Waals surface area contributed by atoms with Crippen molar-refractivity contribution < 1.29 is 9.59 Å². The number of benzene rings is 2. The smallest absolute Gasteiger partial charge is 0.253 e. The molecule has 0 bridgehead atoms. The van der Waals surface area contributed by atoms with E-state index in [-0.39, 0.29) is 12.5 Å². The number of rotatable bonds is 6. The molecule has 0 saturated heterocycles. The Morgan fingerprint density at radius 3 is 2.61 bits per heavy atom. The Kier molecular flexibility index (Phi) is 6.91. The van der Waals surface area contributed by atoms with Crippen molar-refractivity contribution in [2.45, 2.75) is 6.42 Å². The minimum atomic E-state index is -0.420. The van der Waals surface area contributed by atoms with E-state index in [1.807, 2.05) is 0 Å². The normalized spacial score (nSPS) is 10.5. The first-order valence-corrected chi connectivity index (χ1v) is 10.1. The van der Waals surface area contributed by atoms with Crippen molar-refractivity contribution in [2.75, 3.05) is 11.9 Å². The van der Waals surface area contributed by atoms with E-state index in [0.29, 0.717) is 32.2 Å². The Labute approximate surface area is 180 Å². The third-order valence-corrected chi connectivity index (χ3v) is 5.55. The zero-order chi connectivity index (χ0) is 20.1. The third kappa shape index (κ3) is 5.45. The molecule has 0 spiro atoms. The Bertz CT molecular complexity index is 1020. The van der Waals surface area contributed by atoms with E-state index in [1.165, 1.54) is 11.3 Å². The van der Waals surface area contributed by atoms with Gasteiger partial charge in [0.25, 0.3) is 5.91 Å². The summed E-state index contributed by atoms with van der Waals surface area (Å²) in [6.45, 7) is -0.195. The van der Waals surface area contributed by atoms with E-state index >= 15 is 0 Å². The highest BCUT2D eigenvalue weighted by Gasteiger charge is 2.13. The lowest BCUT2D eigenvalue weighted by Gasteiger charge is -2.06. The molecule has 0 aliphatic heterocycles. The standard InChI is InChI=1S/C19H14Cl3N3O2S/c20-12-5-6-15(21)11(7-12)8-13-9-24-19(28-13)25-17(26)10-23-18(27)14-3-1-2-4-16(14)22/h1-7,9H,8,10H2,(H,23,27)(H,24,25,26). The minimum absolute atomic E-state index is 0.195. The lowest BCUT2D eigenvalue weighted by atomic mass is 10.1. The number of aromatic nitrogens is 1. The van der Waals surface area contributed by atoms with E-state index in [2.05, 4.69) is 15.6 Å². The highest BCUT2D eigenvalue weighted by Crippen LogP contribution is 2.26. The van der Waals surface area contributed by atoms with Crippen LogP contribution in [0.4, 0.5) is 5.13 Å². The van der Waals surface area contributed by atoms with Crippen LogP contribution in [-0.2, 0) is 11.2 Å². The Morgan fingerprint density at radius 1 is 1.04 bits per heavy atom. The van der Waals surface area contributed by atoms with Crippen molar-refractivity contribution in [3.05, 3.63) is 79.7 Å². The highest BCUT2D eigenvalue weighted by atomic mass is 35.5. The SMILES string of the molecule is O=C(CNC(=O)c1ccccc1Cl)Nc1ncc(Cc2cc(Cl)ccc2Cl)s1. The molecule has 0 unspecified atom stereocenters. The molecule has 9 heteroatoms. The van der Waals surface area contributed by atoms with Crippen molar-refractivity contribution in [1.82, 2.24) is 10.3 Å². The number of anilines is 1. The molecule has 5 nitrogen and oxygen atoms in total. The summed E-state index contributed by atoms with van der Waals surface area (Å²) in [5, 5.41) is 7.17. The summed E-state index contributed by atoms with van der Waals surface area (Å²) in [5.41, 5.74) is 1.19. The van der Waals surface area contributed by atoms with Gasteiger partial charge >= 0.3 is 0 Å². The van der Waals surface area contributed by atoms with Crippen LogP contribution in [0.5, 0.6) is 0 Å². The number of amides is 2. The van der Waals surface area contributed by atoms with Gasteiger partial charge in [-0.2, -0.15) is 0 Å². The predicted octanol–water partition coefficient (Wildman–Crippen LogP) is 5.06. The van der Waals surface area contributed by atoms with Crippen LogP contribution in [0, 0.1) is 0 Å². The zero-order valence-corrected chi connectivity index (χ0v) is 17.4. The van der Waals surface area contributed by atoms with E-state index in [9.17, 15) is 9.59 Å². The number of nitrogens with zero attached hydrogens (tertiary/aromatic N) is 1. The molecule has 0 radical (unpaired) electrons. The molecule has 1 heterocycles. The molecule has 3 aromatic rings. The van der Waals surface area contributed by atoms with Crippen molar-refractivity contribution in [2.24, 2.45) is 0 Å². The van der Waals surface area contributed by atoms with E-state index in [0.717, 1.165) is 10.4 Å². The summed E-state index contributed by atoms with van der Waals surface area (Å²) in [7, 11) is 0. The maximum Gasteiger partial charge on any atom is 0.253 e. The van der Waals surface area contributed by atoms with E-state index < -0.39 is 5.91 Å². The zero-order valence-electron chi connectivity index (χ0n) is 14.3. The highest BCUT2D eigenvalue weighted by molar-refractivity contribution is 7.15. The average Bonchev–Trinajstić information content (AvgIpc) is 3.10. The van der Waals surface area contributed by atoms with Gasteiger partial charge in [-0.1, -0.05) is 46.9 Å². The molecule has 0 aliphatic carbocycles. The summed E-state index contributed by atoms with van der Waals surface area (Å²) < 4.78 is 0. The summed E-state index contributed by atoms with van der Waals surface area (Å²) in [6, 6.07) is 11.9. The molecule has 2 N–H and O–H groups in total. The fourth-order valence-corrected chi connectivity index (χ4v) is 3.83. The van der Waals surface area contributed by atoms with Crippen molar-refractivity contribution in [1.29, 1.82) is 0 Å². The first kappa shape index (κ1) is 20.6. The molecule has 144 valence electrons. The van der Waals surface area contributed by atoms with Crippen LogP contribution in [0.25, 0.3) is 0 Å². The van der Waals surface area contributed by atoms with Gasteiger partial charge < -0.3 is 10.6 Å². The lowest BCUT2D eigenvalue weighted by Crippen LogP contribution is -2.32. The van der Waals surface area contributed by atoms with E-state index in [4.69, 9.17) is 34.8 Å². The average molecular weight is 455 g/mol. The fourth-order valence-electron chi connectivity index (χ4n) is 2.38. The fraction of sp³-hybridized carbons (Fsp3) is 0.105. The van der Waals surface area contributed by atoms with Gasteiger partial charge in [0, 0.05) is 27.5 Å². The van der Waals surface area contributed by atoms with E-state index in [1.54, 1.807) is 48.7 Å². The van der Waals surface area contributed by atoms with Crippen molar-refractivity contribution >= 4 is 63.1 Å². The first-order chi connectivity index (χ1) is 13.4. The molecular formula is C19H14Cl3N3O2S. The molecule has 2 amide bonds. The molecule has 0 atom stereocenters. The largest absolute Gasteiger partial charge is 0.343 e. The van der Waals surface area contributed by atoms with Crippen molar-refractivity contribution in [3.8, 4) is 0 Å². The maximum atomic E-state index is 12.1. The molecule has 2 aromatic carbocycles. The van der Waals surface area contributed by atoms with Gasteiger partial charge in [-0.25, -0.2) is 4.98 Å². The van der Waals surface area contributed by atoms with Gasteiger partial charge in [-0.05, 0) is 35.9 Å². The summed E-state index contributed by atoms with van der Waals surface area (Å²) in [4.78, 5) is 29.2. The minimum Gasteiger partial charge on any atom is -0.343 e. The Morgan fingerprint density at radius 2 is 1.82 bits per heavy atom. The molecule has 28 heavy (non-hydrogen) atoms. The van der Waals surface area contributed by atoms with Crippen LogP contribution in [0.3, 0.4) is 0 Å². The summed E-state index contributed by atoms with van der Waals surface area (Å²) in [5.74, 6) is -0.807.